The summed E-state index contributed by atoms with van der Waals surface area (Å²) in [5, 5.41) is 12.8. The largest absolute Gasteiger partial charge is 0.491 e. The second kappa shape index (κ2) is 24.1. The topological polar surface area (TPSA) is 86.4 Å². The maximum Gasteiger partial charge on any atom is 0.160 e. The second-order valence-corrected chi connectivity index (χ2v) is 21.1. The normalized spacial score (nSPS) is 19.8. The molecule has 3 aromatic carbocycles. The van der Waals surface area contributed by atoms with Crippen LogP contribution in [0.1, 0.15) is 35.4 Å². The average molecular weight is 977 g/mol. The van der Waals surface area contributed by atoms with Gasteiger partial charge < -0.3 is 42.6 Å². The second-order valence-electron chi connectivity index (χ2n) is 15.5. The predicted octanol–water partition coefficient (Wildman–Crippen LogP) is 11.6. The highest BCUT2D eigenvalue weighted by Gasteiger charge is 2.27. The Morgan fingerprint density at radius 1 is 0.500 bits per heavy atom. The molecule has 9 rings (SSSR count). The number of thiophene rings is 3. The monoisotopic (exact) mass is 976 g/mol. The van der Waals surface area contributed by atoms with Crippen LogP contribution >= 0.6 is 69.3 Å². The van der Waals surface area contributed by atoms with E-state index in [1.165, 1.54) is 14.7 Å². The van der Waals surface area contributed by atoms with Gasteiger partial charge in [-0.1, -0.05) is 36.4 Å². The quantitative estimate of drug-likeness (QED) is 0.0267. The first-order chi connectivity index (χ1) is 31.6. The Kier molecular flexibility index (Phi) is 17.4. The minimum atomic E-state index is -0.159. The van der Waals surface area contributed by atoms with E-state index in [0.717, 1.165) is 83.9 Å². The molecule has 0 spiro atoms. The van der Waals surface area contributed by atoms with Crippen LogP contribution in [0.3, 0.4) is 0 Å². The zero-order chi connectivity index (χ0) is 43.2. The maximum atomic E-state index is 6.36. The minimum absolute atomic E-state index is 0.0588. The molecule has 9 nitrogen and oxygen atoms in total. The van der Waals surface area contributed by atoms with Gasteiger partial charge in [-0.2, -0.15) is 34.0 Å². The molecule has 338 valence electrons. The number of epoxide rings is 1. The fourth-order valence-corrected chi connectivity index (χ4v) is 12.2. The highest BCUT2D eigenvalue weighted by atomic mass is 32.2. The van der Waals surface area contributed by atoms with Crippen molar-refractivity contribution in [2.24, 2.45) is 0 Å². The van der Waals surface area contributed by atoms with Crippen molar-refractivity contribution in [3.05, 3.63) is 140 Å². The van der Waals surface area contributed by atoms with Crippen molar-refractivity contribution in [1.29, 1.82) is 0 Å². The lowest BCUT2D eigenvalue weighted by atomic mass is 9.85. The lowest BCUT2D eigenvalue weighted by molar-refractivity contribution is -0.235. The summed E-state index contributed by atoms with van der Waals surface area (Å²) >= 11 is 10.5. The number of rotatable bonds is 28. The summed E-state index contributed by atoms with van der Waals surface area (Å²) in [5.41, 5.74) is 3.42. The van der Waals surface area contributed by atoms with Crippen LogP contribution in [0.4, 0.5) is 0 Å². The molecule has 4 unspecified atom stereocenters. The Labute approximate surface area is 400 Å². The summed E-state index contributed by atoms with van der Waals surface area (Å²) in [7, 11) is 0. The van der Waals surface area contributed by atoms with E-state index in [-0.39, 0.29) is 42.9 Å². The zero-order valence-electron chi connectivity index (χ0n) is 35.3. The van der Waals surface area contributed by atoms with Crippen LogP contribution in [0.5, 0.6) is 17.2 Å². The molecule has 0 radical (unpaired) electrons. The van der Waals surface area contributed by atoms with E-state index < -0.39 is 0 Å². The molecule has 6 aromatic rings. The molecular weight excluding hydrogens is 925 g/mol. The third-order valence-electron chi connectivity index (χ3n) is 10.7. The molecule has 64 heavy (non-hydrogen) atoms. The van der Waals surface area contributed by atoms with Crippen molar-refractivity contribution in [1.82, 2.24) is 0 Å². The van der Waals surface area contributed by atoms with Crippen molar-refractivity contribution in [2.45, 2.75) is 70.4 Å². The Morgan fingerprint density at radius 2 is 0.875 bits per heavy atom. The van der Waals surface area contributed by atoms with Gasteiger partial charge in [-0.05, 0) is 87.4 Å². The molecule has 0 N–H and O–H groups in total. The molecular formula is C49H52O9S6. The molecule has 3 saturated heterocycles. The third kappa shape index (κ3) is 14.2. The molecule has 3 aromatic heterocycles. The highest BCUT2D eigenvalue weighted by molar-refractivity contribution is 8.00. The van der Waals surface area contributed by atoms with Crippen LogP contribution in [0.2, 0.25) is 0 Å². The van der Waals surface area contributed by atoms with Crippen molar-refractivity contribution in [3.63, 3.8) is 0 Å². The molecule has 3 aliphatic heterocycles. The lowest BCUT2D eigenvalue weighted by Gasteiger charge is -2.30. The van der Waals surface area contributed by atoms with E-state index in [1.54, 1.807) is 69.3 Å². The number of ether oxygens (including phenoxy) is 9. The molecule has 3 aliphatic rings. The van der Waals surface area contributed by atoms with Crippen LogP contribution in [-0.4, -0.2) is 101 Å². The molecule has 15 heteroatoms. The van der Waals surface area contributed by atoms with Gasteiger partial charge >= 0.3 is 0 Å². The van der Waals surface area contributed by atoms with Crippen LogP contribution < -0.4 is 14.2 Å². The van der Waals surface area contributed by atoms with Crippen LogP contribution in [-0.2, 0) is 28.4 Å². The maximum absolute atomic E-state index is 6.36. The highest BCUT2D eigenvalue weighted by Crippen LogP contribution is 2.36. The first-order valence-corrected chi connectivity index (χ1v) is 27.3. The van der Waals surface area contributed by atoms with E-state index >= 15 is 0 Å². The first-order valence-electron chi connectivity index (χ1n) is 21.6. The van der Waals surface area contributed by atoms with Crippen molar-refractivity contribution >= 4 is 69.3 Å². The third-order valence-corrected chi connectivity index (χ3v) is 16.5. The van der Waals surface area contributed by atoms with Gasteiger partial charge in [0.2, 0.25) is 0 Å². The first kappa shape index (κ1) is 46.1. The van der Waals surface area contributed by atoms with Crippen LogP contribution in [0.25, 0.3) is 0 Å². The summed E-state index contributed by atoms with van der Waals surface area (Å²) < 4.78 is 54.4. The summed E-state index contributed by atoms with van der Waals surface area (Å²) in [5.74, 6) is 4.69. The molecule has 0 aliphatic carbocycles. The Balaban J connectivity index is 0.875. The lowest BCUT2D eigenvalue weighted by Crippen LogP contribution is -2.37. The predicted molar refractivity (Wildman–Crippen MR) is 260 cm³/mol. The van der Waals surface area contributed by atoms with Crippen molar-refractivity contribution in [2.75, 3.05) is 63.5 Å². The average Bonchev–Trinajstić information content (AvgIpc) is 3.68. The summed E-state index contributed by atoms with van der Waals surface area (Å²) in [6.07, 6.45) is 1.43. The van der Waals surface area contributed by atoms with Gasteiger partial charge in [0, 0.05) is 66.8 Å². The number of hydrogen-bond acceptors (Lipinski definition) is 15. The van der Waals surface area contributed by atoms with E-state index in [1.807, 2.05) is 0 Å². The molecule has 6 heterocycles. The SMILES string of the molecule is c1cc(SCC(COc2ccc(C(c3ccc(OCC(CSc4ccsc4)O[C@@H]4CCO4)cc3)c3ccc(OCC(CSc4ccsc4)O[C@@H]4CCO4)cc3)cc2)OCC2CO2)cs1. The van der Waals surface area contributed by atoms with Crippen molar-refractivity contribution < 1.29 is 42.6 Å². The van der Waals surface area contributed by atoms with Gasteiger partial charge in [0.25, 0.3) is 0 Å². The van der Waals surface area contributed by atoms with E-state index in [4.69, 9.17) is 42.6 Å². The Hall–Kier alpha value is -3.03. The van der Waals surface area contributed by atoms with E-state index in [2.05, 4.69) is 123 Å². The fraction of sp³-hybridized carbons (Fsp3) is 0.388. The van der Waals surface area contributed by atoms with Crippen LogP contribution in [0.15, 0.2) is 138 Å². The van der Waals surface area contributed by atoms with Gasteiger partial charge in [0.1, 0.15) is 61.5 Å². The summed E-state index contributed by atoms with van der Waals surface area (Å²) in [4.78, 5) is 3.73. The van der Waals surface area contributed by atoms with Gasteiger partial charge in [-0.3, -0.25) is 0 Å². The Bertz CT molecular complexity index is 2090. The smallest absolute Gasteiger partial charge is 0.160 e. The van der Waals surface area contributed by atoms with E-state index in [0.29, 0.717) is 26.4 Å². The Morgan fingerprint density at radius 3 is 1.20 bits per heavy atom. The molecule has 3 fully saturated rings. The van der Waals surface area contributed by atoms with Gasteiger partial charge in [-0.15, -0.1) is 35.3 Å². The molecule has 6 atom stereocenters. The van der Waals surface area contributed by atoms with Gasteiger partial charge in [0.05, 0.1) is 26.4 Å². The molecule has 0 bridgehead atoms. The minimum Gasteiger partial charge on any atom is -0.491 e. The number of thioether (sulfide) groups is 3. The number of hydrogen-bond donors (Lipinski definition) is 0. The molecule has 0 saturated carbocycles. The standard InChI is InChI=1S/C49H52O9S6/c1-7-37(52-25-41(56-24-40-23-55-40)28-62-44-15-20-59-31-44)8-2-34(1)49(35-3-9-38(10-4-35)53-26-42(57-47-13-18-50-47)29-63-45-16-21-60-32-45)36-5-11-39(12-6-36)54-27-43(58-48-14-19-51-48)30-64-46-17-22-61-33-46/h1-12,15-17,20-22,31-33,40-43,47-49H,13-14,18-19,23-30H2/t40?,41?,42?,43?,47-,48-,49?/m1/s1. The molecule has 0 amide bonds. The van der Waals surface area contributed by atoms with Gasteiger partial charge in [0.15, 0.2) is 12.6 Å². The summed E-state index contributed by atoms with van der Waals surface area (Å²) in [6, 6.07) is 31.7. The summed E-state index contributed by atoms with van der Waals surface area (Å²) in [6.45, 7) is 4.15. The van der Waals surface area contributed by atoms with E-state index in [9.17, 15) is 0 Å². The number of benzene rings is 3. The van der Waals surface area contributed by atoms with Crippen LogP contribution in [0, 0.1) is 0 Å². The fourth-order valence-electron chi connectivity index (χ4n) is 6.86. The van der Waals surface area contributed by atoms with Gasteiger partial charge in [-0.25, -0.2) is 0 Å². The van der Waals surface area contributed by atoms with Crippen molar-refractivity contribution in [3.8, 4) is 17.2 Å². The zero-order valence-corrected chi connectivity index (χ0v) is 40.2.